The number of aromatic nitrogens is 2. The lowest BCUT2D eigenvalue weighted by molar-refractivity contribution is 0.278. The molecule has 1 aliphatic heterocycles. The molecule has 4 rings (SSSR count). The maximum atomic E-state index is 4.74. The summed E-state index contributed by atoms with van der Waals surface area (Å²) in [4.78, 5) is 11.7. The predicted octanol–water partition coefficient (Wildman–Crippen LogP) is 4.53. The maximum Gasteiger partial charge on any atom is 0.115 e. The van der Waals surface area contributed by atoms with Gasteiger partial charge in [0.2, 0.25) is 0 Å². The highest BCUT2D eigenvalue weighted by atomic mass is 15.3. The summed E-state index contributed by atoms with van der Waals surface area (Å²) in [5.74, 6) is 0. The van der Waals surface area contributed by atoms with E-state index in [-0.39, 0.29) is 5.54 Å². The number of anilines is 1. The molecule has 1 atom stereocenters. The molecule has 0 N–H and O–H groups in total. The van der Waals surface area contributed by atoms with Crippen LogP contribution in [0, 0.1) is 6.92 Å². The molecule has 1 saturated carbocycles. The average Bonchev–Trinajstić information content (AvgIpc) is 2.79. The average molecular weight is 293 g/mol. The van der Waals surface area contributed by atoms with Crippen molar-refractivity contribution in [1.29, 1.82) is 0 Å². The number of rotatable bonds is 1. The van der Waals surface area contributed by atoms with E-state index in [4.69, 9.17) is 4.98 Å². The summed E-state index contributed by atoms with van der Waals surface area (Å²) in [6.07, 6.45) is 10.1. The molecule has 2 aromatic rings. The Labute approximate surface area is 132 Å². The molecular weight excluding hydrogens is 270 g/mol. The molecule has 3 heteroatoms. The minimum Gasteiger partial charge on any atom is -0.353 e. The fraction of sp³-hybridized carbons (Fsp3) is 0.474. The Kier molecular flexibility index (Phi) is 3.17. The van der Waals surface area contributed by atoms with Crippen molar-refractivity contribution >= 4 is 5.69 Å². The van der Waals surface area contributed by atoms with Gasteiger partial charge in [0.05, 0.1) is 17.3 Å². The van der Waals surface area contributed by atoms with Crippen LogP contribution in [0.3, 0.4) is 0 Å². The third-order valence-corrected chi connectivity index (χ3v) is 5.54. The summed E-state index contributed by atoms with van der Waals surface area (Å²) in [6.45, 7) is 4.52. The number of para-hydroxylation sites is 1. The molecule has 1 unspecified atom stereocenters. The molecule has 1 aromatic heterocycles. The molecule has 3 nitrogen and oxygen atoms in total. The van der Waals surface area contributed by atoms with Gasteiger partial charge < -0.3 is 4.90 Å². The van der Waals surface area contributed by atoms with E-state index in [1.54, 1.807) is 6.33 Å². The van der Waals surface area contributed by atoms with Crippen molar-refractivity contribution in [3.63, 3.8) is 0 Å². The van der Waals surface area contributed by atoms with Crippen LogP contribution in [0.1, 0.15) is 61.9 Å². The second kappa shape index (κ2) is 5.08. The lowest BCUT2D eigenvalue weighted by Gasteiger charge is -2.45. The van der Waals surface area contributed by atoms with Crippen molar-refractivity contribution < 1.29 is 0 Å². The SMILES string of the molecule is Cc1ccccc1N1C(C)c2cncnc2C12CCCCC2. The number of benzene rings is 1. The molecule has 114 valence electrons. The van der Waals surface area contributed by atoms with Gasteiger partial charge in [-0.2, -0.15) is 0 Å². The molecule has 0 saturated heterocycles. The van der Waals surface area contributed by atoms with E-state index < -0.39 is 0 Å². The van der Waals surface area contributed by atoms with Crippen LogP contribution in [-0.4, -0.2) is 9.97 Å². The third kappa shape index (κ3) is 1.81. The van der Waals surface area contributed by atoms with E-state index in [2.05, 4.69) is 48.0 Å². The number of fused-ring (bicyclic) bond motifs is 2. The molecule has 1 aliphatic carbocycles. The first kappa shape index (κ1) is 13.7. The van der Waals surface area contributed by atoms with Crippen LogP contribution in [0.25, 0.3) is 0 Å². The van der Waals surface area contributed by atoms with E-state index in [0.29, 0.717) is 6.04 Å². The Morgan fingerprint density at radius 1 is 1.14 bits per heavy atom. The minimum atomic E-state index is 0.0715. The summed E-state index contributed by atoms with van der Waals surface area (Å²) in [5, 5.41) is 0. The summed E-state index contributed by atoms with van der Waals surface area (Å²) in [6, 6.07) is 9.10. The maximum absolute atomic E-state index is 4.74. The normalized spacial score (nSPS) is 22.8. The molecule has 2 aliphatic rings. The van der Waals surface area contributed by atoms with E-state index in [9.17, 15) is 0 Å². The van der Waals surface area contributed by atoms with Crippen molar-refractivity contribution in [3.05, 3.63) is 53.6 Å². The van der Waals surface area contributed by atoms with Gasteiger partial charge in [0.15, 0.2) is 0 Å². The molecular formula is C19H23N3. The van der Waals surface area contributed by atoms with Crippen LogP contribution in [0.15, 0.2) is 36.8 Å². The monoisotopic (exact) mass is 293 g/mol. The van der Waals surface area contributed by atoms with Gasteiger partial charge in [-0.3, -0.25) is 0 Å². The zero-order valence-electron chi connectivity index (χ0n) is 13.4. The smallest absolute Gasteiger partial charge is 0.115 e. The topological polar surface area (TPSA) is 29.0 Å². The van der Waals surface area contributed by atoms with Gasteiger partial charge in [0.25, 0.3) is 0 Å². The quantitative estimate of drug-likeness (QED) is 0.773. The van der Waals surface area contributed by atoms with Crippen molar-refractivity contribution in [2.45, 2.75) is 57.5 Å². The molecule has 1 aromatic carbocycles. The van der Waals surface area contributed by atoms with Gasteiger partial charge in [-0.25, -0.2) is 9.97 Å². The van der Waals surface area contributed by atoms with Gasteiger partial charge in [-0.15, -0.1) is 0 Å². The van der Waals surface area contributed by atoms with Gasteiger partial charge in [-0.1, -0.05) is 37.5 Å². The van der Waals surface area contributed by atoms with E-state index in [0.717, 1.165) is 0 Å². The van der Waals surface area contributed by atoms with E-state index >= 15 is 0 Å². The number of nitrogens with zero attached hydrogens (tertiary/aromatic N) is 3. The fourth-order valence-electron chi connectivity index (χ4n) is 4.55. The Morgan fingerprint density at radius 3 is 2.68 bits per heavy atom. The van der Waals surface area contributed by atoms with Gasteiger partial charge in [0, 0.05) is 17.4 Å². The fourth-order valence-corrected chi connectivity index (χ4v) is 4.55. The Bertz CT molecular complexity index is 689. The molecule has 1 fully saturated rings. The molecule has 0 amide bonds. The van der Waals surface area contributed by atoms with Crippen LogP contribution in [0.2, 0.25) is 0 Å². The second-order valence-electron chi connectivity index (χ2n) is 6.75. The summed E-state index contributed by atoms with van der Waals surface area (Å²) < 4.78 is 0. The van der Waals surface area contributed by atoms with Crippen LogP contribution < -0.4 is 4.90 Å². The molecule has 1 spiro atoms. The summed E-state index contributed by atoms with van der Waals surface area (Å²) in [7, 11) is 0. The van der Waals surface area contributed by atoms with Crippen LogP contribution in [-0.2, 0) is 5.54 Å². The summed E-state index contributed by atoms with van der Waals surface area (Å²) in [5.41, 5.74) is 5.36. The highest BCUT2D eigenvalue weighted by Crippen LogP contribution is 2.54. The first-order valence-electron chi connectivity index (χ1n) is 8.39. The standard InChI is InChI=1S/C19H23N3/c1-14-8-4-5-9-17(14)22-15(2)16-12-20-13-21-18(16)19(22)10-6-3-7-11-19/h4-5,8-9,12-13,15H,3,6-7,10-11H2,1-2H3. The van der Waals surface area contributed by atoms with Gasteiger partial charge >= 0.3 is 0 Å². The van der Waals surface area contributed by atoms with Crippen molar-refractivity contribution in [1.82, 2.24) is 9.97 Å². The Hall–Kier alpha value is -1.90. The zero-order chi connectivity index (χ0) is 15.2. The largest absolute Gasteiger partial charge is 0.353 e. The second-order valence-corrected chi connectivity index (χ2v) is 6.75. The third-order valence-electron chi connectivity index (χ3n) is 5.54. The highest BCUT2D eigenvalue weighted by molar-refractivity contribution is 5.62. The van der Waals surface area contributed by atoms with Crippen LogP contribution in [0.4, 0.5) is 5.69 Å². The van der Waals surface area contributed by atoms with Crippen molar-refractivity contribution in [2.24, 2.45) is 0 Å². The van der Waals surface area contributed by atoms with Gasteiger partial charge in [-0.05, 0) is 38.3 Å². The minimum absolute atomic E-state index is 0.0715. The lowest BCUT2D eigenvalue weighted by atomic mass is 9.78. The number of hydrogen-bond donors (Lipinski definition) is 0. The molecule has 2 heterocycles. The zero-order valence-corrected chi connectivity index (χ0v) is 13.4. The van der Waals surface area contributed by atoms with E-state index in [1.807, 2.05) is 6.20 Å². The summed E-state index contributed by atoms with van der Waals surface area (Å²) >= 11 is 0. The number of hydrogen-bond acceptors (Lipinski definition) is 3. The van der Waals surface area contributed by atoms with Gasteiger partial charge in [0.1, 0.15) is 6.33 Å². The lowest BCUT2D eigenvalue weighted by Crippen LogP contribution is -2.44. The molecule has 0 radical (unpaired) electrons. The first-order chi connectivity index (χ1) is 10.7. The predicted molar refractivity (Wildman–Crippen MR) is 88.9 cm³/mol. The van der Waals surface area contributed by atoms with E-state index in [1.165, 1.54) is 54.6 Å². The first-order valence-corrected chi connectivity index (χ1v) is 8.39. The Morgan fingerprint density at radius 2 is 1.91 bits per heavy atom. The highest BCUT2D eigenvalue weighted by Gasteiger charge is 2.50. The van der Waals surface area contributed by atoms with Crippen LogP contribution >= 0.6 is 0 Å². The molecule has 22 heavy (non-hydrogen) atoms. The molecule has 0 bridgehead atoms. The van der Waals surface area contributed by atoms with Crippen LogP contribution in [0.5, 0.6) is 0 Å². The van der Waals surface area contributed by atoms with Crippen molar-refractivity contribution in [3.8, 4) is 0 Å². The number of aryl methyl sites for hydroxylation is 1. The van der Waals surface area contributed by atoms with Crippen molar-refractivity contribution in [2.75, 3.05) is 4.90 Å². The Balaban J connectivity index is 1.92.